The van der Waals surface area contributed by atoms with Gasteiger partial charge in [0.1, 0.15) is 11.4 Å². The van der Waals surface area contributed by atoms with Gasteiger partial charge in [-0.15, -0.1) is 0 Å². The first-order chi connectivity index (χ1) is 15.1. The number of nitrogens with zero attached hydrogens (tertiary/aromatic N) is 2. The van der Waals surface area contributed by atoms with E-state index in [-0.39, 0.29) is 5.91 Å². The van der Waals surface area contributed by atoms with Gasteiger partial charge in [-0.25, -0.2) is 0 Å². The summed E-state index contributed by atoms with van der Waals surface area (Å²) < 4.78 is 5.29. The number of H-pyrrole nitrogens is 1. The second-order valence-corrected chi connectivity index (χ2v) is 8.76. The number of aromatic amines is 1. The first-order valence-electron chi connectivity index (χ1n) is 11.0. The Hall–Kier alpha value is -2.50. The number of amides is 1. The molecule has 0 spiro atoms. The van der Waals surface area contributed by atoms with Crippen LogP contribution in [-0.4, -0.2) is 54.0 Å². The minimum absolute atomic E-state index is 0.0706. The average Bonchev–Trinajstić information content (AvgIpc) is 3.23. The molecule has 3 aromatic rings. The molecule has 1 amide bonds. The number of carbonyl (C=O) groups is 1. The number of aromatic nitrogens is 1. The Morgan fingerprint density at radius 1 is 1.16 bits per heavy atom. The van der Waals surface area contributed by atoms with E-state index in [1.54, 1.807) is 7.11 Å². The van der Waals surface area contributed by atoms with Crippen molar-refractivity contribution >= 4 is 28.4 Å². The Labute approximate surface area is 188 Å². The Kier molecular flexibility index (Phi) is 6.83. The average molecular weight is 440 g/mol. The smallest absolute Gasteiger partial charge is 0.270 e. The molecule has 1 aliphatic heterocycles. The molecule has 0 bridgehead atoms. The van der Waals surface area contributed by atoms with Gasteiger partial charge in [0.25, 0.3) is 5.91 Å². The highest BCUT2D eigenvalue weighted by Gasteiger charge is 2.24. The minimum atomic E-state index is 0.0706. The summed E-state index contributed by atoms with van der Waals surface area (Å²) in [6.45, 7) is 6.65. The Balaban J connectivity index is 1.34. The number of hydrogen-bond donors (Lipinski definition) is 1. The van der Waals surface area contributed by atoms with Crippen LogP contribution < -0.4 is 4.74 Å². The number of fused-ring (bicyclic) bond motifs is 1. The summed E-state index contributed by atoms with van der Waals surface area (Å²) in [7, 11) is 1.65. The zero-order valence-electron chi connectivity index (χ0n) is 18.2. The molecule has 1 N–H and O–H groups in total. The number of benzene rings is 2. The third-order valence-corrected chi connectivity index (χ3v) is 6.48. The SMILES string of the molecule is CCN(CC1CCN(Cc2ccc(Cl)cc2)CC1)C(=O)c1cc2cc(OC)ccc2[nH]1. The molecule has 4 rings (SSSR count). The van der Waals surface area contributed by atoms with E-state index in [1.165, 1.54) is 5.56 Å². The summed E-state index contributed by atoms with van der Waals surface area (Å²) in [4.78, 5) is 20.9. The van der Waals surface area contributed by atoms with Crippen LogP contribution in [0, 0.1) is 5.92 Å². The van der Waals surface area contributed by atoms with Crippen LogP contribution in [0.2, 0.25) is 5.02 Å². The van der Waals surface area contributed by atoms with Crippen LogP contribution in [-0.2, 0) is 6.54 Å². The lowest BCUT2D eigenvalue weighted by atomic mass is 9.95. The third-order valence-electron chi connectivity index (χ3n) is 6.23. The van der Waals surface area contributed by atoms with Gasteiger partial charge >= 0.3 is 0 Å². The predicted molar refractivity (Wildman–Crippen MR) is 126 cm³/mol. The molecule has 2 heterocycles. The van der Waals surface area contributed by atoms with Crippen LogP contribution in [0.1, 0.15) is 35.8 Å². The van der Waals surface area contributed by atoms with Gasteiger partial charge in [-0.2, -0.15) is 0 Å². The van der Waals surface area contributed by atoms with Crippen molar-refractivity contribution in [2.75, 3.05) is 33.3 Å². The molecule has 0 unspecified atom stereocenters. The molecule has 1 aliphatic rings. The van der Waals surface area contributed by atoms with Crippen molar-refractivity contribution in [3.05, 3.63) is 64.8 Å². The summed E-state index contributed by atoms with van der Waals surface area (Å²) >= 11 is 5.99. The van der Waals surface area contributed by atoms with Gasteiger partial charge in [0.2, 0.25) is 0 Å². The summed E-state index contributed by atoms with van der Waals surface area (Å²) in [6.07, 6.45) is 2.22. The van der Waals surface area contributed by atoms with Gasteiger partial charge in [0, 0.05) is 35.6 Å². The van der Waals surface area contributed by atoms with E-state index >= 15 is 0 Å². The molecule has 0 radical (unpaired) electrons. The van der Waals surface area contributed by atoms with Crippen molar-refractivity contribution in [2.45, 2.75) is 26.3 Å². The fraction of sp³-hybridized carbons (Fsp3) is 0.400. The van der Waals surface area contributed by atoms with Crippen molar-refractivity contribution in [1.29, 1.82) is 0 Å². The quantitative estimate of drug-likeness (QED) is 0.550. The second-order valence-electron chi connectivity index (χ2n) is 8.33. The lowest BCUT2D eigenvalue weighted by Crippen LogP contribution is -2.40. The van der Waals surface area contributed by atoms with E-state index in [1.807, 2.05) is 41.3 Å². The number of nitrogens with one attached hydrogen (secondary N) is 1. The molecule has 1 aromatic heterocycles. The van der Waals surface area contributed by atoms with Crippen molar-refractivity contribution in [3.63, 3.8) is 0 Å². The summed E-state index contributed by atoms with van der Waals surface area (Å²) in [6, 6.07) is 15.8. The molecule has 2 aromatic carbocycles. The van der Waals surface area contributed by atoms with Crippen molar-refractivity contribution in [3.8, 4) is 5.75 Å². The van der Waals surface area contributed by atoms with Crippen molar-refractivity contribution in [2.24, 2.45) is 5.92 Å². The van der Waals surface area contributed by atoms with Gasteiger partial charge in [-0.1, -0.05) is 23.7 Å². The van der Waals surface area contributed by atoms with Gasteiger partial charge in [-0.05, 0) is 80.7 Å². The number of methoxy groups -OCH3 is 1. The molecule has 6 heteroatoms. The van der Waals surface area contributed by atoms with Crippen molar-refractivity contribution < 1.29 is 9.53 Å². The van der Waals surface area contributed by atoms with E-state index in [0.717, 1.165) is 60.7 Å². The molecular weight excluding hydrogens is 410 g/mol. The van der Waals surface area contributed by atoms with E-state index in [4.69, 9.17) is 16.3 Å². The number of hydrogen-bond acceptors (Lipinski definition) is 3. The standard InChI is InChI=1S/C25H30ClN3O2/c1-3-29(25(30)24-15-20-14-22(31-2)8-9-23(20)27-24)17-19-10-12-28(13-11-19)16-18-4-6-21(26)7-5-18/h4-9,14-15,19,27H,3,10-13,16-17H2,1-2H3. The summed E-state index contributed by atoms with van der Waals surface area (Å²) in [5.41, 5.74) is 2.89. The zero-order chi connectivity index (χ0) is 21.8. The maximum atomic E-state index is 13.1. The molecule has 164 valence electrons. The van der Waals surface area contributed by atoms with Crippen LogP contribution in [0.5, 0.6) is 5.75 Å². The number of ether oxygens (including phenoxy) is 1. The maximum Gasteiger partial charge on any atom is 0.270 e. The highest BCUT2D eigenvalue weighted by atomic mass is 35.5. The van der Waals surface area contributed by atoms with Gasteiger partial charge in [-0.3, -0.25) is 9.69 Å². The number of likely N-dealkylation sites (tertiary alicyclic amines) is 1. The topological polar surface area (TPSA) is 48.6 Å². The van der Waals surface area contributed by atoms with E-state index in [9.17, 15) is 4.79 Å². The van der Waals surface area contributed by atoms with Crippen LogP contribution in [0.4, 0.5) is 0 Å². The number of carbonyl (C=O) groups excluding carboxylic acids is 1. The van der Waals surface area contributed by atoms with Crippen LogP contribution in [0.15, 0.2) is 48.5 Å². The highest BCUT2D eigenvalue weighted by molar-refractivity contribution is 6.30. The summed E-state index contributed by atoms with van der Waals surface area (Å²) in [5.74, 6) is 1.40. The monoisotopic (exact) mass is 439 g/mol. The van der Waals surface area contributed by atoms with E-state index < -0.39 is 0 Å². The lowest BCUT2D eigenvalue weighted by Gasteiger charge is -2.34. The first kappa shape index (κ1) is 21.7. The molecule has 0 saturated carbocycles. The fourth-order valence-corrected chi connectivity index (χ4v) is 4.49. The second kappa shape index (κ2) is 9.75. The maximum absolute atomic E-state index is 13.1. The van der Waals surface area contributed by atoms with Crippen molar-refractivity contribution in [1.82, 2.24) is 14.8 Å². The predicted octanol–water partition coefficient (Wildman–Crippen LogP) is 5.20. The Morgan fingerprint density at radius 2 is 1.90 bits per heavy atom. The van der Waals surface area contributed by atoms with E-state index in [2.05, 4.69) is 28.9 Å². The summed E-state index contributed by atoms with van der Waals surface area (Å²) in [5, 5.41) is 1.77. The molecule has 0 atom stereocenters. The molecular formula is C25H30ClN3O2. The molecule has 31 heavy (non-hydrogen) atoms. The molecule has 1 saturated heterocycles. The van der Waals surface area contributed by atoms with Gasteiger partial charge in [0.15, 0.2) is 0 Å². The van der Waals surface area contributed by atoms with Crippen LogP contribution in [0.25, 0.3) is 10.9 Å². The molecule has 5 nitrogen and oxygen atoms in total. The highest BCUT2D eigenvalue weighted by Crippen LogP contribution is 2.24. The molecule has 0 aliphatic carbocycles. The third kappa shape index (κ3) is 5.23. The Morgan fingerprint density at radius 3 is 2.58 bits per heavy atom. The fourth-order valence-electron chi connectivity index (χ4n) is 4.37. The molecule has 1 fully saturated rings. The van der Waals surface area contributed by atoms with Gasteiger partial charge < -0.3 is 14.6 Å². The lowest BCUT2D eigenvalue weighted by molar-refractivity contribution is 0.0694. The Bertz CT molecular complexity index is 1020. The normalized spacial score (nSPS) is 15.3. The largest absolute Gasteiger partial charge is 0.497 e. The number of rotatable bonds is 7. The van der Waals surface area contributed by atoms with Crippen LogP contribution in [0.3, 0.4) is 0 Å². The first-order valence-corrected chi connectivity index (χ1v) is 11.4. The van der Waals surface area contributed by atoms with E-state index in [0.29, 0.717) is 18.2 Å². The van der Waals surface area contributed by atoms with Gasteiger partial charge in [0.05, 0.1) is 7.11 Å². The van der Waals surface area contributed by atoms with Crippen LogP contribution >= 0.6 is 11.6 Å². The number of halogens is 1. The zero-order valence-corrected chi connectivity index (χ0v) is 19.0. The minimum Gasteiger partial charge on any atom is -0.497 e. The number of piperidine rings is 1.